The molecular formula is C20H14F2N4O5S2. The van der Waals surface area contributed by atoms with Crippen molar-refractivity contribution in [3.8, 4) is 16.4 Å². The van der Waals surface area contributed by atoms with Gasteiger partial charge in [0.25, 0.3) is 5.56 Å². The highest BCUT2D eigenvalue weighted by atomic mass is 32.2. The minimum Gasteiger partial charge on any atom is -0.476 e. The lowest BCUT2D eigenvalue weighted by molar-refractivity contribution is 0.0691. The maximum absolute atomic E-state index is 13.9. The molecule has 0 amide bonds. The Morgan fingerprint density at radius 3 is 2.58 bits per heavy atom. The van der Waals surface area contributed by atoms with Gasteiger partial charge in [-0.2, -0.15) is 4.68 Å². The number of aromatic amines is 1. The van der Waals surface area contributed by atoms with Crippen molar-refractivity contribution in [3.63, 3.8) is 0 Å². The van der Waals surface area contributed by atoms with Gasteiger partial charge in [0, 0.05) is 22.9 Å². The molecule has 0 aliphatic carbocycles. The quantitative estimate of drug-likeness (QED) is 0.377. The largest absolute Gasteiger partial charge is 0.476 e. The first-order chi connectivity index (χ1) is 15.5. The number of aromatic carboxylic acids is 1. The Hall–Kier alpha value is -3.68. The van der Waals surface area contributed by atoms with Crippen LogP contribution in [-0.2, 0) is 16.4 Å². The first kappa shape index (κ1) is 22.5. The van der Waals surface area contributed by atoms with Crippen molar-refractivity contribution < 1.29 is 27.1 Å². The number of nitrogens with two attached hydrogens (primary N) is 1. The number of H-pyrrole nitrogens is 1. The average molecular weight is 492 g/mol. The lowest BCUT2D eigenvalue weighted by atomic mass is 10.0. The number of carboxylic acid groups (broad SMARTS) is 1. The molecule has 33 heavy (non-hydrogen) atoms. The van der Waals surface area contributed by atoms with Gasteiger partial charge in [-0.25, -0.2) is 32.1 Å². The Balaban J connectivity index is 1.88. The lowest BCUT2D eigenvalue weighted by Crippen LogP contribution is -2.18. The second-order valence-electron chi connectivity index (χ2n) is 6.92. The number of thiazole rings is 1. The van der Waals surface area contributed by atoms with E-state index in [0.717, 1.165) is 28.2 Å². The number of benzene rings is 2. The zero-order chi connectivity index (χ0) is 23.9. The van der Waals surface area contributed by atoms with Crippen molar-refractivity contribution in [2.24, 2.45) is 5.14 Å². The van der Waals surface area contributed by atoms with Gasteiger partial charge in [0.1, 0.15) is 0 Å². The summed E-state index contributed by atoms with van der Waals surface area (Å²) in [5.74, 6) is -3.49. The van der Waals surface area contributed by atoms with Gasteiger partial charge < -0.3 is 5.11 Å². The van der Waals surface area contributed by atoms with Crippen LogP contribution in [0.5, 0.6) is 0 Å². The maximum atomic E-state index is 13.9. The van der Waals surface area contributed by atoms with Crippen molar-refractivity contribution in [1.29, 1.82) is 0 Å². The van der Waals surface area contributed by atoms with Crippen LogP contribution in [0, 0.1) is 11.6 Å². The molecule has 13 heteroatoms. The highest BCUT2D eigenvalue weighted by molar-refractivity contribution is 7.89. The van der Waals surface area contributed by atoms with Gasteiger partial charge in [-0.05, 0) is 35.9 Å². The van der Waals surface area contributed by atoms with Crippen LogP contribution in [0.3, 0.4) is 0 Å². The summed E-state index contributed by atoms with van der Waals surface area (Å²) < 4.78 is 51.7. The van der Waals surface area contributed by atoms with Crippen LogP contribution in [0.25, 0.3) is 16.4 Å². The van der Waals surface area contributed by atoms with Crippen molar-refractivity contribution in [2.75, 3.05) is 0 Å². The molecule has 4 aromatic rings. The first-order valence-corrected chi connectivity index (χ1v) is 11.6. The van der Waals surface area contributed by atoms with Gasteiger partial charge >= 0.3 is 5.97 Å². The third-order valence-electron chi connectivity index (χ3n) is 4.71. The summed E-state index contributed by atoms with van der Waals surface area (Å²) in [5.41, 5.74) is -0.0988. The molecule has 0 radical (unpaired) electrons. The summed E-state index contributed by atoms with van der Waals surface area (Å²) in [4.78, 5) is 28.1. The fraction of sp³-hybridized carbons (Fsp3) is 0.0500. The number of sulfonamides is 1. The van der Waals surface area contributed by atoms with E-state index in [2.05, 4.69) is 10.1 Å². The SMILES string of the molecule is NS(=O)(=O)c1cccc(Cc2c(-c3ccc(F)c(F)c3)[nH]n(-c3nc(C(=O)O)cs3)c2=O)c1. The van der Waals surface area contributed by atoms with Crippen LogP contribution < -0.4 is 10.7 Å². The van der Waals surface area contributed by atoms with E-state index in [1.54, 1.807) is 6.07 Å². The molecule has 0 aliphatic heterocycles. The van der Waals surface area contributed by atoms with E-state index in [9.17, 15) is 26.8 Å². The maximum Gasteiger partial charge on any atom is 0.355 e. The number of carboxylic acids is 1. The molecule has 2 aromatic heterocycles. The average Bonchev–Trinajstić information content (AvgIpc) is 3.36. The molecule has 4 rings (SSSR count). The van der Waals surface area contributed by atoms with Crippen LogP contribution in [0.4, 0.5) is 8.78 Å². The van der Waals surface area contributed by atoms with Crippen LogP contribution in [-0.4, -0.2) is 34.3 Å². The van der Waals surface area contributed by atoms with E-state index in [1.165, 1.54) is 29.6 Å². The molecule has 0 saturated heterocycles. The summed E-state index contributed by atoms with van der Waals surface area (Å²) in [5, 5.41) is 18.3. The molecule has 0 atom stereocenters. The smallest absolute Gasteiger partial charge is 0.355 e. The number of carbonyl (C=O) groups is 1. The predicted molar refractivity (Wildman–Crippen MR) is 115 cm³/mol. The van der Waals surface area contributed by atoms with Crippen LogP contribution in [0.1, 0.15) is 21.6 Å². The summed E-state index contributed by atoms with van der Waals surface area (Å²) >= 11 is 0.890. The molecule has 9 nitrogen and oxygen atoms in total. The van der Waals surface area contributed by atoms with E-state index >= 15 is 0 Å². The predicted octanol–water partition coefficient (Wildman–Crippen LogP) is 2.50. The highest BCUT2D eigenvalue weighted by Crippen LogP contribution is 2.26. The summed E-state index contributed by atoms with van der Waals surface area (Å²) in [6.45, 7) is 0. The highest BCUT2D eigenvalue weighted by Gasteiger charge is 2.21. The zero-order valence-electron chi connectivity index (χ0n) is 16.5. The third-order valence-corrected chi connectivity index (χ3v) is 6.44. The summed E-state index contributed by atoms with van der Waals surface area (Å²) in [6.07, 6.45) is -0.0861. The van der Waals surface area contributed by atoms with Crippen LogP contribution >= 0.6 is 11.3 Å². The Bertz CT molecular complexity index is 1560. The van der Waals surface area contributed by atoms with Crippen molar-refractivity contribution in [3.05, 3.63) is 86.7 Å². The topological polar surface area (TPSA) is 148 Å². The van der Waals surface area contributed by atoms with Gasteiger partial charge in [0.05, 0.1) is 10.6 Å². The number of hydrogen-bond acceptors (Lipinski definition) is 6. The van der Waals surface area contributed by atoms with Gasteiger partial charge in [-0.15, -0.1) is 11.3 Å². The standard InChI is InChI=1S/C20H14F2N4O5S2/c21-14-5-4-11(8-15(14)22)17-13(7-10-2-1-3-12(6-10)33(23,30)31)18(27)26(25-17)20-24-16(9-32-20)19(28)29/h1-6,8-9,25H,7H2,(H,28,29)(H2,23,30,31). The van der Waals surface area contributed by atoms with Crippen LogP contribution in [0.2, 0.25) is 0 Å². The monoisotopic (exact) mass is 492 g/mol. The Morgan fingerprint density at radius 2 is 1.94 bits per heavy atom. The van der Waals surface area contributed by atoms with Gasteiger partial charge in [-0.3, -0.25) is 9.89 Å². The molecule has 0 unspecified atom stereocenters. The Kier molecular flexibility index (Phi) is 5.69. The van der Waals surface area contributed by atoms with E-state index in [0.29, 0.717) is 5.56 Å². The summed E-state index contributed by atoms with van der Waals surface area (Å²) in [7, 11) is -3.99. The van der Waals surface area contributed by atoms with E-state index in [1.807, 2.05) is 0 Å². The molecule has 2 aromatic carbocycles. The molecular weight excluding hydrogens is 478 g/mol. The van der Waals surface area contributed by atoms with Gasteiger partial charge in [0.2, 0.25) is 15.2 Å². The Labute approximate surface area is 188 Å². The fourth-order valence-corrected chi connectivity index (χ4v) is 4.50. The molecule has 4 N–H and O–H groups in total. The molecule has 2 heterocycles. The normalized spacial score (nSPS) is 11.6. The van der Waals surface area contributed by atoms with Crippen molar-refractivity contribution in [1.82, 2.24) is 14.8 Å². The van der Waals surface area contributed by atoms with Gasteiger partial charge in [-0.1, -0.05) is 12.1 Å². The number of nitrogens with one attached hydrogen (secondary N) is 1. The summed E-state index contributed by atoms with van der Waals surface area (Å²) in [6, 6.07) is 8.70. The number of aromatic nitrogens is 3. The molecule has 0 fully saturated rings. The zero-order valence-corrected chi connectivity index (χ0v) is 18.1. The van der Waals surface area contributed by atoms with E-state index < -0.39 is 33.2 Å². The number of nitrogens with zero attached hydrogens (tertiary/aromatic N) is 2. The van der Waals surface area contributed by atoms with E-state index in [-0.39, 0.29) is 39.0 Å². The van der Waals surface area contributed by atoms with Crippen molar-refractivity contribution in [2.45, 2.75) is 11.3 Å². The molecule has 0 bridgehead atoms. The number of hydrogen-bond donors (Lipinski definition) is 3. The molecule has 0 aliphatic rings. The number of primary sulfonamides is 1. The number of rotatable bonds is 6. The van der Waals surface area contributed by atoms with E-state index in [4.69, 9.17) is 10.2 Å². The van der Waals surface area contributed by atoms with Gasteiger partial charge in [0.15, 0.2) is 17.3 Å². The molecule has 0 spiro atoms. The molecule has 0 saturated carbocycles. The van der Waals surface area contributed by atoms with Crippen molar-refractivity contribution >= 4 is 27.3 Å². The van der Waals surface area contributed by atoms with Crippen LogP contribution in [0.15, 0.2) is 57.5 Å². The second-order valence-corrected chi connectivity index (χ2v) is 9.32. The second kappa shape index (κ2) is 8.35. The molecule has 170 valence electrons. The number of halogens is 2. The first-order valence-electron chi connectivity index (χ1n) is 9.15. The minimum absolute atomic E-state index is 0.0192. The third kappa shape index (κ3) is 4.46. The lowest BCUT2D eigenvalue weighted by Gasteiger charge is -2.05. The Morgan fingerprint density at radius 1 is 1.18 bits per heavy atom. The minimum atomic E-state index is -3.99. The fourth-order valence-electron chi connectivity index (χ4n) is 3.16.